The lowest BCUT2D eigenvalue weighted by Crippen LogP contribution is -2.27. The quantitative estimate of drug-likeness (QED) is 0.565. The molecule has 0 heterocycles. The van der Waals surface area contributed by atoms with E-state index in [9.17, 15) is 4.79 Å². The molecule has 3 N–H and O–H groups in total. The van der Waals surface area contributed by atoms with Crippen molar-refractivity contribution < 1.29 is 4.79 Å². The summed E-state index contributed by atoms with van der Waals surface area (Å²) in [6, 6.07) is 2.09. The first-order valence-corrected chi connectivity index (χ1v) is 4.62. The van der Waals surface area contributed by atoms with Crippen molar-refractivity contribution >= 4 is 5.91 Å². The summed E-state index contributed by atoms with van der Waals surface area (Å²) in [5.74, 6) is -0.257. The predicted octanol–water partition coefficient (Wildman–Crippen LogP) is 0.534. The average molecular weight is 183 g/mol. The van der Waals surface area contributed by atoms with E-state index in [4.69, 9.17) is 11.0 Å². The van der Waals surface area contributed by atoms with Crippen LogP contribution in [0, 0.1) is 11.3 Å². The number of nitrogens with zero attached hydrogens (tertiary/aromatic N) is 1. The van der Waals surface area contributed by atoms with Crippen LogP contribution in [-0.2, 0) is 4.79 Å². The number of amides is 1. The van der Waals surface area contributed by atoms with E-state index in [1.165, 1.54) is 0 Å². The van der Waals surface area contributed by atoms with Crippen molar-refractivity contribution in [3.8, 4) is 6.07 Å². The molecule has 0 aromatic heterocycles. The summed E-state index contributed by atoms with van der Waals surface area (Å²) >= 11 is 0. The smallest absolute Gasteiger partial charge is 0.217 e. The number of rotatable bonds is 7. The Labute approximate surface area is 79.1 Å². The normalized spacial score (nSPS) is 12.0. The van der Waals surface area contributed by atoms with Crippen LogP contribution >= 0.6 is 0 Å². The van der Waals surface area contributed by atoms with Crippen molar-refractivity contribution in [1.29, 1.82) is 5.26 Å². The number of hydrogen-bond acceptors (Lipinski definition) is 3. The monoisotopic (exact) mass is 183 g/mol. The van der Waals surface area contributed by atoms with Gasteiger partial charge in [-0.3, -0.25) is 4.79 Å². The number of nitrogens with two attached hydrogens (primary N) is 1. The Morgan fingerprint density at radius 1 is 1.62 bits per heavy atom. The zero-order valence-electron chi connectivity index (χ0n) is 8.05. The lowest BCUT2D eigenvalue weighted by molar-refractivity contribution is -0.118. The third-order valence-corrected chi connectivity index (χ3v) is 1.80. The van der Waals surface area contributed by atoms with E-state index in [0.29, 0.717) is 6.42 Å². The molecule has 0 rings (SSSR count). The minimum absolute atomic E-state index is 0.0615. The number of nitriles is 1. The number of nitrogens with one attached hydrogen (secondary N) is 1. The summed E-state index contributed by atoms with van der Waals surface area (Å²) in [7, 11) is 0. The van der Waals surface area contributed by atoms with Crippen molar-refractivity contribution in [3.63, 3.8) is 0 Å². The molecule has 13 heavy (non-hydrogen) atoms. The van der Waals surface area contributed by atoms with E-state index in [1.54, 1.807) is 0 Å². The second kappa shape index (κ2) is 7.56. The Balaban J connectivity index is 3.25. The van der Waals surface area contributed by atoms with Gasteiger partial charge in [0.25, 0.3) is 0 Å². The second-order valence-corrected chi connectivity index (χ2v) is 2.97. The lowest BCUT2D eigenvalue weighted by atomic mass is 10.2. The largest absolute Gasteiger partial charge is 0.370 e. The Kier molecular flexibility index (Phi) is 6.93. The molecular weight excluding hydrogens is 166 g/mol. The van der Waals surface area contributed by atoms with Gasteiger partial charge in [-0.25, -0.2) is 0 Å². The van der Waals surface area contributed by atoms with Crippen LogP contribution in [0.1, 0.15) is 32.6 Å². The van der Waals surface area contributed by atoms with E-state index < -0.39 is 0 Å². The molecular formula is C9H17N3O. The molecule has 0 aromatic carbocycles. The molecule has 1 unspecified atom stereocenters. The first-order valence-electron chi connectivity index (χ1n) is 4.62. The number of unbranched alkanes of at least 4 members (excludes halogenated alkanes) is 1. The summed E-state index contributed by atoms with van der Waals surface area (Å²) in [5, 5.41) is 11.7. The molecule has 0 aromatic rings. The highest BCUT2D eigenvalue weighted by atomic mass is 16.1. The number of carbonyl (C=O) groups excluding carboxylic acids is 1. The van der Waals surface area contributed by atoms with Gasteiger partial charge in [-0.2, -0.15) is 5.26 Å². The Bertz CT molecular complexity index is 186. The fourth-order valence-electron chi connectivity index (χ4n) is 0.982. The van der Waals surface area contributed by atoms with Crippen LogP contribution in [0.4, 0.5) is 0 Å². The van der Waals surface area contributed by atoms with Gasteiger partial charge in [0.2, 0.25) is 5.91 Å². The SMILES string of the molecule is CCC(C#N)NCCCCC(N)=O. The number of carbonyl (C=O) groups is 1. The molecule has 0 aliphatic heterocycles. The molecule has 74 valence electrons. The van der Waals surface area contributed by atoms with Gasteiger partial charge in [0.15, 0.2) is 0 Å². The van der Waals surface area contributed by atoms with Crippen LogP contribution in [0.5, 0.6) is 0 Å². The molecule has 0 spiro atoms. The molecule has 0 aliphatic carbocycles. The van der Waals surface area contributed by atoms with Crippen molar-refractivity contribution in [3.05, 3.63) is 0 Å². The third-order valence-electron chi connectivity index (χ3n) is 1.80. The van der Waals surface area contributed by atoms with E-state index in [0.717, 1.165) is 25.8 Å². The van der Waals surface area contributed by atoms with Gasteiger partial charge in [0.05, 0.1) is 12.1 Å². The van der Waals surface area contributed by atoms with Gasteiger partial charge < -0.3 is 11.1 Å². The van der Waals surface area contributed by atoms with Crippen LogP contribution in [0.25, 0.3) is 0 Å². The van der Waals surface area contributed by atoms with Crippen molar-refractivity contribution in [2.45, 2.75) is 38.6 Å². The highest BCUT2D eigenvalue weighted by Crippen LogP contribution is 1.94. The van der Waals surface area contributed by atoms with Crippen LogP contribution in [0.15, 0.2) is 0 Å². The van der Waals surface area contributed by atoms with Crippen LogP contribution in [0.2, 0.25) is 0 Å². The van der Waals surface area contributed by atoms with E-state index >= 15 is 0 Å². The third kappa shape index (κ3) is 7.29. The fourth-order valence-corrected chi connectivity index (χ4v) is 0.982. The molecule has 4 nitrogen and oxygen atoms in total. The predicted molar refractivity (Wildman–Crippen MR) is 50.7 cm³/mol. The van der Waals surface area contributed by atoms with E-state index in [2.05, 4.69) is 11.4 Å². The molecule has 1 atom stereocenters. The van der Waals surface area contributed by atoms with E-state index in [1.807, 2.05) is 6.92 Å². The van der Waals surface area contributed by atoms with Gasteiger partial charge in [0.1, 0.15) is 0 Å². The summed E-state index contributed by atoms with van der Waals surface area (Å²) in [6.07, 6.45) is 2.93. The Hall–Kier alpha value is -1.08. The zero-order valence-corrected chi connectivity index (χ0v) is 8.05. The maximum atomic E-state index is 10.4. The summed E-state index contributed by atoms with van der Waals surface area (Å²) in [6.45, 7) is 2.74. The summed E-state index contributed by atoms with van der Waals surface area (Å²) < 4.78 is 0. The molecule has 0 saturated carbocycles. The van der Waals surface area contributed by atoms with Gasteiger partial charge >= 0.3 is 0 Å². The number of primary amides is 1. The van der Waals surface area contributed by atoms with Gasteiger partial charge in [-0.05, 0) is 25.8 Å². The summed E-state index contributed by atoms with van der Waals surface area (Å²) in [5.41, 5.74) is 4.98. The first kappa shape index (κ1) is 11.9. The van der Waals surface area contributed by atoms with Crippen LogP contribution in [0.3, 0.4) is 0 Å². The van der Waals surface area contributed by atoms with Crippen LogP contribution < -0.4 is 11.1 Å². The molecule has 0 bridgehead atoms. The van der Waals surface area contributed by atoms with Gasteiger partial charge in [-0.15, -0.1) is 0 Å². The van der Waals surface area contributed by atoms with Gasteiger partial charge in [0, 0.05) is 6.42 Å². The highest BCUT2D eigenvalue weighted by Gasteiger charge is 2.01. The van der Waals surface area contributed by atoms with E-state index in [-0.39, 0.29) is 11.9 Å². The fraction of sp³-hybridized carbons (Fsp3) is 0.778. The molecule has 0 radical (unpaired) electrons. The molecule has 0 aliphatic rings. The second-order valence-electron chi connectivity index (χ2n) is 2.97. The maximum absolute atomic E-state index is 10.4. The number of hydrogen-bond donors (Lipinski definition) is 2. The molecule has 1 amide bonds. The minimum atomic E-state index is -0.257. The first-order chi connectivity index (χ1) is 6.20. The Morgan fingerprint density at radius 3 is 2.77 bits per heavy atom. The summed E-state index contributed by atoms with van der Waals surface area (Å²) in [4.78, 5) is 10.4. The van der Waals surface area contributed by atoms with Crippen LogP contribution in [-0.4, -0.2) is 18.5 Å². The van der Waals surface area contributed by atoms with Crippen molar-refractivity contribution in [1.82, 2.24) is 5.32 Å². The maximum Gasteiger partial charge on any atom is 0.217 e. The van der Waals surface area contributed by atoms with Crippen molar-refractivity contribution in [2.24, 2.45) is 5.73 Å². The minimum Gasteiger partial charge on any atom is -0.370 e. The van der Waals surface area contributed by atoms with Gasteiger partial charge in [-0.1, -0.05) is 6.92 Å². The standard InChI is InChI=1S/C9H17N3O/c1-2-8(7-10)12-6-4-3-5-9(11)13/h8,12H,2-6H2,1H3,(H2,11,13). The van der Waals surface area contributed by atoms with Crippen molar-refractivity contribution in [2.75, 3.05) is 6.54 Å². The molecule has 0 fully saturated rings. The average Bonchev–Trinajstić information content (AvgIpc) is 2.11. The Morgan fingerprint density at radius 2 is 2.31 bits per heavy atom. The zero-order chi connectivity index (χ0) is 10.1. The highest BCUT2D eigenvalue weighted by molar-refractivity contribution is 5.73. The topological polar surface area (TPSA) is 78.9 Å². The lowest BCUT2D eigenvalue weighted by Gasteiger charge is -2.07. The molecule has 0 saturated heterocycles. The molecule has 4 heteroatoms.